The molecule has 2 N–H and O–H groups in total. The first-order valence-corrected chi connectivity index (χ1v) is 6.24. The number of amides is 1. The molecule has 1 rings (SSSR count). The fourth-order valence-corrected chi connectivity index (χ4v) is 1.86. The summed E-state index contributed by atoms with van der Waals surface area (Å²) in [5.74, 6) is -0.0984. The van der Waals surface area contributed by atoms with E-state index in [4.69, 9.17) is 5.11 Å². The molecular formula is C13H19NO2S. The number of rotatable bonds is 5. The molecule has 0 spiro atoms. The summed E-state index contributed by atoms with van der Waals surface area (Å²) in [5.41, 5.74) is 1.58. The van der Waals surface area contributed by atoms with Crippen LogP contribution in [0.2, 0.25) is 0 Å². The Hall–Kier alpha value is -1.00. The van der Waals surface area contributed by atoms with Crippen LogP contribution >= 0.6 is 12.6 Å². The van der Waals surface area contributed by atoms with Crippen LogP contribution in [0.5, 0.6) is 0 Å². The maximum atomic E-state index is 12.0. The molecule has 1 aromatic carbocycles. The Bertz CT molecular complexity index is 393. The van der Waals surface area contributed by atoms with Crippen LogP contribution in [0.1, 0.15) is 35.7 Å². The van der Waals surface area contributed by atoms with E-state index in [1.54, 1.807) is 6.07 Å². The van der Waals surface area contributed by atoms with Crippen molar-refractivity contribution in [2.75, 3.05) is 6.61 Å². The number of carbonyl (C=O) groups excluding carboxylic acids is 1. The van der Waals surface area contributed by atoms with Gasteiger partial charge in [-0.05, 0) is 37.5 Å². The molecule has 94 valence electrons. The number of carbonyl (C=O) groups is 1. The van der Waals surface area contributed by atoms with Gasteiger partial charge in [-0.15, -0.1) is 12.6 Å². The highest BCUT2D eigenvalue weighted by Gasteiger charge is 2.13. The van der Waals surface area contributed by atoms with Gasteiger partial charge in [0, 0.05) is 23.1 Å². The third-order valence-electron chi connectivity index (χ3n) is 2.77. The summed E-state index contributed by atoms with van der Waals surface area (Å²) in [6.45, 7) is 3.97. The first-order chi connectivity index (χ1) is 8.08. The molecular weight excluding hydrogens is 234 g/mol. The smallest absolute Gasteiger partial charge is 0.251 e. The van der Waals surface area contributed by atoms with Gasteiger partial charge in [-0.2, -0.15) is 0 Å². The van der Waals surface area contributed by atoms with Crippen molar-refractivity contribution in [1.29, 1.82) is 0 Å². The molecule has 0 aliphatic heterocycles. The Morgan fingerprint density at radius 3 is 2.82 bits per heavy atom. The fraction of sp³-hybridized carbons (Fsp3) is 0.462. The van der Waals surface area contributed by atoms with E-state index in [9.17, 15) is 4.79 Å². The Morgan fingerprint density at radius 1 is 1.53 bits per heavy atom. The highest BCUT2D eigenvalue weighted by molar-refractivity contribution is 7.80. The Balaban J connectivity index is 2.78. The predicted molar refractivity (Wildman–Crippen MR) is 71.7 cm³/mol. The molecule has 0 bridgehead atoms. The van der Waals surface area contributed by atoms with E-state index in [1.807, 2.05) is 26.0 Å². The second kappa shape index (κ2) is 6.67. The molecule has 0 radical (unpaired) electrons. The number of hydrogen-bond acceptors (Lipinski definition) is 3. The van der Waals surface area contributed by atoms with Gasteiger partial charge in [0.25, 0.3) is 5.91 Å². The van der Waals surface area contributed by atoms with E-state index in [0.29, 0.717) is 12.0 Å². The quantitative estimate of drug-likeness (QED) is 0.704. The van der Waals surface area contributed by atoms with Crippen LogP contribution in [0.4, 0.5) is 0 Å². The van der Waals surface area contributed by atoms with Gasteiger partial charge in [-0.3, -0.25) is 4.79 Å². The number of hydrogen-bond donors (Lipinski definition) is 3. The van der Waals surface area contributed by atoms with Gasteiger partial charge >= 0.3 is 0 Å². The summed E-state index contributed by atoms with van der Waals surface area (Å²) in [4.78, 5) is 12.8. The minimum Gasteiger partial charge on any atom is -0.396 e. The summed E-state index contributed by atoms with van der Waals surface area (Å²) < 4.78 is 0. The second-order valence-corrected chi connectivity index (χ2v) is 4.61. The summed E-state index contributed by atoms with van der Waals surface area (Å²) in [5, 5.41) is 11.8. The van der Waals surface area contributed by atoms with Crippen molar-refractivity contribution in [1.82, 2.24) is 5.32 Å². The zero-order valence-corrected chi connectivity index (χ0v) is 11.1. The molecule has 1 aromatic rings. The largest absolute Gasteiger partial charge is 0.396 e. The number of aliphatic hydroxyl groups excluding tert-OH is 1. The molecule has 0 fully saturated rings. The van der Waals surface area contributed by atoms with E-state index in [0.717, 1.165) is 16.9 Å². The zero-order valence-electron chi connectivity index (χ0n) is 10.2. The van der Waals surface area contributed by atoms with Crippen LogP contribution in [-0.4, -0.2) is 23.7 Å². The van der Waals surface area contributed by atoms with Crippen molar-refractivity contribution < 1.29 is 9.90 Å². The summed E-state index contributed by atoms with van der Waals surface area (Å²) in [7, 11) is 0. The SMILES string of the molecule is CCC(CCO)NC(=O)c1cc(S)ccc1C. The van der Waals surface area contributed by atoms with Crippen LogP contribution < -0.4 is 5.32 Å². The number of thiol groups is 1. The van der Waals surface area contributed by atoms with Gasteiger partial charge in [0.1, 0.15) is 0 Å². The van der Waals surface area contributed by atoms with Gasteiger partial charge < -0.3 is 10.4 Å². The average molecular weight is 253 g/mol. The number of nitrogens with one attached hydrogen (secondary N) is 1. The van der Waals surface area contributed by atoms with Crippen LogP contribution in [0.25, 0.3) is 0 Å². The van der Waals surface area contributed by atoms with Gasteiger partial charge in [0.05, 0.1) is 0 Å². The van der Waals surface area contributed by atoms with Crippen LogP contribution in [0.3, 0.4) is 0 Å². The third-order valence-corrected chi connectivity index (χ3v) is 3.05. The Kier molecular flexibility index (Phi) is 5.51. The minimum absolute atomic E-state index is 0.0236. The van der Waals surface area contributed by atoms with Gasteiger partial charge in [-0.1, -0.05) is 13.0 Å². The Morgan fingerprint density at radius 2 is 2.24 bits per heavy atom. The lowest BCUT2D eigenvalue weighted by atomic mass is 10.1. The van der Waals surface area contributed by atoms with Crippen LogP contribution in [-0.2, 0) is 0 Å². The first-order valence-electron chi connectivity index (χ1n) is 5.79. The maximum Gasteiger partial charge on any atom is 0.251 e. The van der Waals surface area contributed by atoms with Crippen molar-refractivity contribution in [2.45, 2.75) is 37.6 Å². The number of aryl methyl sites for hydroxylation is 1. The van der Waals surface area contributed by atoms with E-state index in [2.05, 4.69) is 17.9 Å². The van der Waals surface area contributed by atoms with Gasteiger partial charge in [0.2, 0.25) is 0 Å². The maximum absolute atomic E-state index is 12.0. The zero-order chi connectivity index (χ0) is 12.8. The minimum atomic E-state index is -0.0984. The van der Waals surface area contributed by atoms with Crippen molar-refractivity contribution in [3.05, 3.63) is 29.3 Å². The molecule has 0 aromatic heterocycles. The monoisotopic (exact) mass is 253 g/mol. The second-order valence-electron chi connectivity index (χ2n) is 4.09. The standard InChI is InChI=1S/C13H19NO2S/c1-3-10(6-7-15)14-13(16)12-8-11(17)5-4-9(12)2/h4-5,8,10,15,17H,3,6-7H2,1-2H3,(H,14,16). The molecule has 1 unspecified atom stereocenters. The molecule has 17 heavy (non-hydrogen) atoms. The van der Waals surface area contributed by atoms with Gasteiger partial charge in [-0.25, -0.2) is 0 Å². The van der Waals surface area contributed by atoms with E-state index in [-0.39, 0.29) is 18.6 Å². The van der Waals surface area contributed by atoms with E-state index >= 15 is 0 Å². The Labute approximate surface area is 108 Å². The summed E-state index contributed by atoms with van der Waals surface area (Å²) in [6.07, 6.45) is 1.40. The third kappa shape index (κ3) is 4.06. The number of benzene rings is 1. The van der Waals surface area contributed by atoms with Crippen molar-refractivity contribution in [3.8, 4) is 0 Å². The topological polar surface area (TPSA) is 49.3 Å². The molecule has 1 amide bonds. The molecule has 4 heteroatoms. The normalized spacial score (nSPS) is 12.2. The fourth-order valence-electron chi connectivity index (χ4n) is 1.65. The molecule has 1 atom stereocenters. The first kappa shape index (κ1) is 14.1. The molecule has 0 saturated heterocycles. The average Bonchev–Trinajstić information content (AvgIpc) is 2.31. The molecule has 0 heterocycles. The van der Waals surface area contributed by atoms with Crippen molar-refractivity contribution >= 4 is 18.5 Å². The van der Waals surface area contributed by atoms with Crippen molar-refractivity contribution in [3.63, 3.8) is 0 Å². The highest BCUT2D eigenvalue weighted by atomic mass is 32.1. The molecule has 0 aliphatic carbocycles. The van der Waals surface area contributed by atoms with Crippen LogP contribution in [0.15, 0.2) is 23.1 Å². The molecule has 0 saturated carbocycles. The lowest BCUT2D eigenvalue weighted by Gasteiger charge is -2.16. The highest BCUT2D eigenvalue weighted by Crippen LogP contribution is 2.14. The summed E-state index contributed by atoms with van der Waals surface area (Å²) >= 11 is 4.23. The molecule has 0 aliphatic rings. The predicted octanol–water partition coefficient (Wildman–Crippen LogP) is 2.17. The lowest BCUT2D eigenvalue weighted by Crippen LogP contribution is -2.35. The van der Waals surface area contributed by atoms with E-state index < -0.39 is 0 Å². The van der Waals surface area contributed by atoms with Gasteiger partial charge in [0.15, 0.2) is 0 Å². The van der Waals surface area contributed by atoms with Crippen LogP contribution in [0, 0.1) is 6.92 Å². The lowest BCUT2D eigenvalue weighted by molar-refractivity contribution is 0.0928. The molecule has 3 nitrogen and oxygen atoms in total. The summed E-state index contributed by atoms with van der Waals surface area (Å²) in [6, 6.07) is 5.53. The number of aliphatic hydroxyl groups is 1. The van der Waals surface area contributed by atoms with E-state index in [1.165, 1.54) is 0 Å². The van der Waals surface area contributed by atoms with Crippen molar-refractivity contribution in [2.24, 2.45) is 0 Å².